The summed E-state index contributed by atoms with van der Waals surface area (Å²) in [4.78, 5) is 0. The van der Waals surface area contributed by atoms with Gasteiger partial charge in [-0.05, 0) is 44.2 Å². The van der Waals surface area contributed by atoms with Crippen LogP contribution in [0.15, 0.2) is 48.5 Å². The van der Waals surface area contributed by atoms with E-state index in [2.05, 4.69) is 36.5 Å². The van der Waals surface area contributed by atoms with Crippen LogP contribution in [0.25, 0.3) is 0 Å². The van der Waals surface area contributed by atoms with E-state index in [9.17, 15) is 0 Å². The number of benzene rings is 2. The summed E-state index contributed by atoms with van der Waals surface area (Å²) in [5.41, 5.74) is 2.59. The maximum atomic E-state index is 5.94. The van der Waals surface area contributed by atoms with Gasteiger partial charge in [0.25, 0.3) is 0 Å². The highest BCUT2D eigenvalue weighted by Gasteiger charge is 2.08. The number of rotatable bonds is 6. The number of ether oxygens (including phenoxy) is 1. The lowest BCUT2D eigenvalue weighted by Crippen LogP contribution is -2.33. The molecule has 0 spiro atoms. The first kappa shape index (κ1) is 14.9. The van der Waals surface area contributed by atoms with Gasteiger partial charge < -0.3 is 10.1 Å². The van der Waals surface area contributed by atoms with Gasteiger partial charge >= 0.3 is 0 Å². The largest absolute Gasteiger partial charge is 0.492 e. The van der Waals surface area contributed by atoms with Gasteiger partial charge in [-0.3, -0.25) is 0 Å². The van der Waals surface area contributed by atoms with Crippen molar-refractivity contribution < 1.29 is 4.74 Å². The van der Waals surface area contributed by atoms with Crippen molar-refractivity contribution in [2.24, 2.45) is 0 Å². The summed E-state index contributed by atoms with van der Waals surface area (Å²) in [7, 11) is 1.96. The minimum atomic E-state index is 0.275. The van der Waals surface area contributed by atoms with Crippen LogP contribution < -0.4 is 10.1 Å². The lowest BCUT2D eigenvalue weighted by molar-refractivity contribution is 0.270. The van der Waals surface area contributed by atoms with Crippen LogP contribution in [0.2, 0.25) is 5.02 Å². The Bertz CT molecular complexity index is 539. The summed E-state index contributed by atoms with van der Waals surface area (Å²) in [6.07, 6.45) is 0.942. The first-order valence-electron chi connectivity index (χ1n) is 6.78. The fourth-order valence-electron chi connectivity index (χ4n) is 2.01. The SMILES string of the molecule is CNC(COc1cccc(Cl)c1)Cc1ccc(C)cc1. The number of halogens is 1. The van der Waals surface area contributed by atoms with Gasteiger partial charge in [0.15, 0.2) is 0 Å². The molecule has 0 saturated heterocycles. The number of hydrogen-bond donors (Lipinski definition) is 1. The van der Waals surface area contributed by atoms with Crippen LogP contribution >= 0.6 is 11.6 Å². The summed E-state index contributed by atoms with van der Waals surface area (Å²) < 4.78 is 5.79. The summed E-state index contributed by atoms with van der Waals surface area (Å²) in [6, 6.07) is 16.4. The monoisotopic (exact) mass is 289 g/mol. The predicted molar refractivity (Wildman–Crippen MR) is 84.7 cm³/mol. The van der Waals surface area contributed by atoms with Gasteiger partial charge in [-0.2, -0.15) is 0 Å². The number of nitrogens with one attached hydrogen (secondary N) is 1. The lowest BCUT2D eigenvalue weighted by Gasteiger charge is -2.17. The van der Waals surface area contributed by atoms with E-state index in [1.54, 1.807) is 0 Å². The molecule has 0 aliphatic carbocycles. The Morgan fingerprint density at radius 3 is 2.55 bits per heavy atom. The maximum absolute atomic E-state index is 5.94. The lowest BCUT2D eigenvalue weighted by atomic mass is 10.1. The second-order valence-electron chi connectivity index (χ2n) is 4.94. The van der Waals surface area contributed by atoms with E-state index in [1.807, 2.05) is 31.3 Å². The summed E-state index contributed by atoms with van der Waals surface area (Å²) in [5, 5.41) is 3.99. The number of aryl methyl sites for hydroxylation is 1. The molecule has 0 aromatic heterocycles. The molecular formula is C17H20ClNO. The van der Waals surface area contributed by atoms with Crippen molar-refractivity contribution in [1.29, 1.82) is 0 Å². The van der Waals surface area contributed by atoms with Gasteiger partial charge in [0.05, 0.1) is 0 Å². The van der Waals surface area contributed by atoms with Gasteiger partial charge in [0.1, 0.15) is 12.4 Å². The molecule has 0 bridgehead atoms. The third-order valence-corrected chi connectivity index (χ3v) is 3.49. The molecule has 0 saturated carbocycles. The normalized spacial score (nSPS) is 12.2. The highest BCUT2D eigenvalue weighted by molar-refractivity contribution is 6.30. The molecule has 106 valence electrons. The average Bonchev–Trinajstić information content (AvgIpc) is 2.45. The van der Waals surface area contributed by atoms with Crippen LogP contribution in [0, 0.1) is 6.92 Å². The summed E-state index contributed by atoms with van der Waals surface area (Å²) in [5.74, 6) is 0.807. The second kappa shape index (κ2) is 7.32. The van der Waals surface area contributed by atoms with Crippen LogP contribution in [0.1, 0.15) is 11.1 Å². The topological polar surface area (TPSA) is 21.3 Å². The standard InChI is InChI=1S/C17H20ClNO/c1-13-6-8-14(9-7-13)10-16(19-2)12-20-17-5-3-4-15(18)11-17/h3-9,11,16,19H,10,12H2,1-2H3. The van der Waals surface area contributed by atoms with Gasteiger partial charge in [-0.25, -0.2) is 0 Å². The smallest absolute Gasteiger partial charge is 0.120 e. The molecule has 0 heterocycles. The Labute approximate surface area is 125 Å². The predicted octanol–water partition coefficient (Wildman–Crippen LogP) is 3.86. The van der Waals surface area contributed by atoms with E-state index in [4.69, 9.17) is 16.3 Å². The van der Waals surface area contributed by atoms with Crippen molar-refractivity contribution in [3.8, 4) is 5.75 Å². The van der Waals surface area contributed by atoms with E-state index in [0.29, 0.717) is 11.6 Å². The zero-order chi connectivity index (χ0) is 14.4. The molecule has 3 heteroatoms. The molecule has 1 atom stereocenters. The third kappa shape index (κ3) is 4.55. The molecule has 2 aromatic carbocycles. The molecule has 0 aliphatic rings. The highest BCUT2D eigenvalue weighted by Crippen LogP contribution is 2.17. The van der Waals surface area contributed by atoms with E-state index in [0.717, 1.165) is 12.2 Å². The molecule has 0 aliphatic heterocycles. The Balaban J connectivity index is 1.90. The third-order valence-electron chi connectivity index (χ3n) is 3.26. The van der Waals surface area contributed by atoms with Gasteiger partial charge in [0.2, 0.25) is 0 Å². The molecule has 20 heavy (non-hydrogen) atoms. The quantitative estimate of drug-likeness (QED) is 0.872. The fourth-order valence-corrected chi connectivity index (χ4v) is 2.19. The van der Waals surface area contributed by atoms with E-state index >= 15 is 0 Å². The number of likely N-dealkylation sites (N-methyl/N-ethyl adjacent to an activating group) is 1. The maximum Gasteiger partial charge on any atom is 0.120 e. The average molecular weight is 290 g/mol. The first-order chi connectivity index (χ1) is 9.67. The summed E-state index contributed by atoms with van der Waals surface area (Å²) >= 11 is 5.94. The minimum Gasteiger partial charge on any atom is -0.492 e. The molecule has 1 N–H and O–H groups in total. The number of hydrogen-bond acceptors (Lipinski definition) is 2. The summed E-state index contributed by atoms with van der Waals surface area (Å²) in [6.45, 7) is 2.71. The molecular weight excluding hydrogens is 270 g/mol. The van der Waals surface area contributed by atoms with E-state index < -0.39 is 0 Å². The van der Waals surface area contributed by atoms with E-state index in [-0.39, 0.29) is 6.04 Å². The highest BCUT2D eigenvalue weighted by atomic mass is 35.5. The van der Waals surface area contributed by atoms with Crippen LogP contribution in [-0.4, -0.2) is 19.7 Å². The van der Waals surface area contributed by atoms with Crippen molar-refractivity contribution in [2.75, 3.05) is 13.7 Å². The first-order valence-corrected chi connectivity index (χ1v) is 7.16. The van der Waals surface area contributed by atoms with Crippen molar-refractivity contribution in [2.45, 2.75) is 19.4 Å². The van der Waals surface area contributed by atoms with Gasteiger partial charge in [-0.15, -0.1) is 0 Å². The van der Waals surface area contributed by atoms with Gasteiger partial charge in [-0.1, -0.05) is 47.5 Å². The fraction of sp³-hybridized carbons (Fsp3) is 0.294. The molecule has 1 unspecified atom stereocenters. The zero-order valence-corrected chi connectivity index (χ0v) is 12.7. The Hall–Kier alpha value is -1.51. The second-order valence-corrected chi connectivity index (χ2v) is 5.38. The minimum absolute atomic E-state index is 0.275. The Kier molecular flexibility index (Phi) is 5.45. The van der Waals surface area contributed by atoms with Crippen molar-refractivity contribution in [1.82, 2.24) is 5.32 Å². The van der Waals surface area contributed by atoms with Crippen LogP contribution in [-0.2, 0) is 6.42 Å². The molecule has 2 rings (SSSR count). The molecule has 2 aromatic rings. The van der Waals surface area contributed by atoms with E-state index in [1.165, 1.54) is 11.1 Å². The van der Waals surface area contributed by atoms with Crippen molar-refractivity contribution in [3.63, 3.8) is 0 Å². The van der Waals surface area contributed by atoms with Crippen LogP contribution in [0.3, 0.4) is 0 Å². The molecule has 0 fully saturated rings. The zero-order valence-electron chi connectivity index (χ0n) is 11.9. The van der Waals surface area contributed by atoms with Gasteiger partial charge in [0, 0.05) is 11.1 Å². The van der Waals surface area contributed by atoms with Crippen LogP contribution in [0.5, 0.6) is 5.75 Å². The Morgan fingerprint density at radius 2 is 1.90 bits per heavy atom. The van der Waals surface area contributed by atoms with Crippen molar-refractivity contribution in [3.05, 3.63) is 64.7 Å². The molecule has 2 nitrogen and oxygen atoms in total. The molecule has 0 amide bonds. The molecule has 0 radical (unpaired) electrons. The Morgan fingerprint density at radius 1 is 1.15 bits per heavy atom. The van der Waals surface area contributed by atoms with Crippen molar-refractivity contribution >= 4 is 11.6 Å². The van der Waals surface area contributed by atoms with Crippen LogP contribution in [0.4, 0.5) is 0 Å².